The van der Waals surface area contributed by atoms with Crippen molar-refractivity contribution in [3.05, 3.63) is 60.3 Å². The SMILES string of the molecule is C[C@H](C(=O)c1c[nH]c2ccccc12)[NH+]1CCN(c2ccc(O)cc2)CC1. The molecule has 1 aliphatic heterocycles. The van der Waals surface area contributed by atoms with Crippen molar-refractivity contribution < 1.29 is 14.8 Å². The van der Waals surface area contributed by atoms with Crippen molar-refractivity contribution in [3.63, 3.8) is 0 Å². The van der Waals surface area contributed by atoms with E-state index in [0.717, 1.165) is 48.3 Å². The lowest BCUT2D eigenvalue weighted by Gasteiger charge is -2.36. The summed E-state index contributed by atoms with van der Waals surface area (Å²) in [5.74, 6) is 0.492. The standard InChI is InChI=1S/C21H23N3O2/c1-15(21(26)19-14-22-20-5-3-2-4-18(19)20)23-10-12-24(13-11-23)16-6-8-17(25)9-7-16/h2-9,14-15,22,25H,10-13H2,1H3/p+1/t15-/m1/s1. The van der Waals surface area contributed by atoms with Gasteiger partial charge in [-0.15, -0.1) is 0 Å². The second-order valence-electron chi connectivity index (χ2n) is 7.00. The van der Waals surface area contributed by atoms with E-state index in [9.17, 15) is 9.90 Å². The summed E-state index contributed by atoms with van der Waals surface area (Å²) in [5.41, 5.74) is 2.93. The number of para-hydroxylation sites is 1. The first-order valence-electron chi connectivity index (χ1n) is 9.12. The van der Waals surface area contributed by atoms with E-state index >= 15 is 0 Å². The Balaban J connectivity index is 1.44. The highest BCUT2D eigenvalue weighted by Crippen LogP contribution is 2.20. The number of aromatic nitrogens is 1. The summed E-state index contributed by atoms with van der Waals surface area (Å²) in [6.07, 6.45) is 1.84. The van der Waals surface area contributed by atoms with Gasteiger partial charge in [-0.3, -0.25) is 4.79 Å². The Morgan fingerprint density at radius 2 is 1.81 bits per heavy atom. The molecule has 3 aromatic rings. The summed E-state index contributed by atoms with van der Waals surface area (Å²) >= 11 is 0. The summed E-state index contributed by atoms with van der Waals surface area (Å²) in [6, 6.07) is 15.2. The average molecular weight is 350 g/mol. The number of Topliss-reactive ketones (excluding diaryl/α,β-unsaturated/α-hetero) is 1. The van der Waals surface area contributed by atoms with Crippen LogP contribution in [0.4, 0.5) is 5.69 Å². The molecular weight excluding hydrogens is 326 g/mol. The van der Waals surface area contributed by atoms with E-state index in [2.05, 4.69) is 9.88 Å². The van der Waals surface area contributed by atoms with E-state index < -0.39 is 0 Å². The van der Waals surface area contributed by atoms with Crippen LogP contribution in [0.1, 0.15) is 17.3 Å². The van der Waals surface area contributed by atoms with Crippen LogP contribution in [0.5, 0.6) is 5.75 Å². The fourth-order valence-electron chi connectivity index (χ4n) is 3.84. The van der Waals surface area contributed by atoms with E-state index in [4.69, 9.17) is 0 Å². The van der Waals surface area contributed by atoms with Gasteiger partial charge in [-0.1, -0.05) is 18.2 Å². The van der Waals surface area contributed by atoms with Crippen molar-refractivity contribution in [2.24, 2.45) is 0 Å². The van der Waals surface area contributed by atoms with Crippen molar-refractivity contribution in [1.29, 1.82) is 0 Å². The van der Waals surface area contributed by atoms with Crippen LogP contribution in [-0.4, -0.2) is 48.1 Å². The van der Waals surface area contributed by atoms with Crippen LogP contribution < -0.4 is 9.80 Å². The highest BCUT2D eigenvalue weighted by atomic mass is 16.3. The maximum absolute atomic E-state index is 13.0. The second-order valence-corrected chi connectivity index (χ2v) is 7.00. The zero-order valence-electron chi connectivity index (χ0n) is 14.9. The Labute approximate surface area is 152 Å². The van der Waals surface area contributed by atoms with Crippen LogP contribution in [-0.2, 0) is 0 Å². The van der Waals surface area contributed by atoms with Gasteiger partial charge < -0.3 is 19.9 Å². The first-order valence-corrected chi connectivity index (χ1v) is 9.12. The number of phenolic OH excluding ortho intramolecular Hbond substituents is 1. The van der Waals surface area contributed by atoms with Gasteiger partial charge in [0, 0.05) is 28.4 Å². The number of benzene rings is 2. The molecule has 0 bridgehead atoms. The molecular formula is C21H24N3O2+. The van der Waals surface area contributed by atoms with E-state index in [1.165, 1.54) is 4.90 Å². The largest absolute Gasteiger partial charge is 0.508 e. The number of rotatable bonds is 4. The summed E-state index contributed by atoms with van der Waals surface area (Å²) < 4.78 is 0. The Morgan fingerprint density at radius 3 is 2.54 bits per heavy atom. The van der Waals surface area contributed by atoms with Gasteiger partial charge in [0.2, 0.25) is 5.78 Å². The molecule has 0 saturated carbocycles. The molecule has 1 saturated heterocycles. The first-order chi connectivity index (χ1) is 12.6. The smallest absolute Gasteiger partial charge is 0.221 e. The third-order valence-corrected chi connectivity index (χ3v) is 5.48. The Morgan fingerprint density at radius 1 is 1.12 bits per heavy atom. The van der Waals surface area contributed by atoms with Crippen molar-refractivity contribution in [1.82, 2.24) is 4.98 Å². The molecule has 1 aromatic heterocycles. The summed E-state index contributed by atoms with van der Waals surface area (Å²) in [4.78, 5) is 19.9. The summed E-state index contributed by atoms with van der Waals surface area (Å²) in [5, 5.41) is 10.4. The minimum Gasteiger partial charge on any atom is -0.508 e. The number of carbonyl (C=O) groups excluding carboxylic acids is 1. The van der Waals surface area contributed by atoms with Crippen molar-refractivity contribution in [2.75, 3.05) is 31.1 Å². The van der Waals surface area contributed by atoms with E-state index in [1.807, 2.05) is 49.5 Å². The predicted molar refractivity (Wildman–Crippen MR) is 103 cm³/mol. The topological polar surface area (TPSA) is 60.8 Å². The number of hydrogen-bond donors (Lipinski definition) is 3. The van der Waals surface area contributed by atoms with E-state index in [0.29, 0.717) is 0 Å². The number of phenols is 1. The molecule has 2 aromatic carbocycles. The van der Waals surface area contributed by atoms with Crippen LogP contribution in [0.25, 0.3) is 10.9 Å². The van der Waals surface area contributed by atoms with Crippen LogP contribution in [0.2, 0.25) is 0 Å². The number of nitrogens with one attached hydrogen (secondary N) is 2. The molecule has 4 rings (SSSR count). The highest BCUT2D eigenvalue weighted by Gasteiger charge is 2.31. The number of anilines is 1. The van der Waals surface area contributed by atoms with Gasteiger partial charge in [0.05, 0.1) is 26.2 Å². The molecule has 0 unspecified atom stereocenters. The molecule has 1 atom stereocenters. The number of aromatic amines is 1. The minimum atomic E-state index is -0.0591. The monoisotopic (exact) mass is 350 g/mol. The number of carbonyl (C=O) groups is 1. The number of hydrogen-bond acceptors (Lipinski definition) is 3. The molecule has 3 N–H and O–H groups in total. The van der Waals surface area contributed by atoms with E-state index in [1.54, 1.807) is 12.1 Å². The molecule has 0 amide bonds. The predicted octanol–water partition coefficient (Wildman–Crippen LogP) is 1.85. The van der Waals surface area contributed by atoms with Crippen LogP contribution in [0.15, 0.2) is 54.7 Å². The number of H-pyrrole nitrogens is 1. The Kier molecular flexibility index (Phi) is 4.39. The van der Waals surface area contributed by atoms with Crippen molar-refractivity contribution in [3.8, 4) is 5.75 Å². The number of quaternary nitrogens is 1. The number of aromatic hydroxyl groups is 1. The normalized spacial score (nSPS) is 16.7. The highest BCUT2D eigenvalue weighted by molar-refractivity contribution is 6.09. The average Bonchev–Trinajstić information content (AvgIpc) is 3.12. The molecule has 0 radical (unpaired) electrons. The van der Waals surface area contributed by atoms with E-state index in [-0.39, 0.29) is 17.6 Å². The first kappa shape index (κ1) is 16.7. The molecule has 134 valence electrons. The van der Waals surface area contributed by atoms with Gasteiger partial charge in [-0.25, -0.2) is 0 Å². The van der Waals surface area contributed by atoms with Gasteiger partial charge in [-0.2, -0.15) is 0 Å². The quantitative estimate of drug-likeness (QED) is 0.630. The zero-order chi connectivity index (χ0) is 18.1. The van der Waals surface area contributed by atoms with Crippen molar-refractivity contribution in [2.45, 2.75) is 13.0 Å². The molecule has 2 heterocycles. The molecule has 5 nitrogen and oxygen atoms in total. The lowest BCUT2D eigenvalue weighted by atomic mass is 10.0. The van der Waals surface area contributed by atoms with Crippen LogP contribution >= 0.6 is 0 Å². The summed E-state index contributed by atoms with van der Waals surface area (Å²) in [7, 11) is 0. The van der Waals surface area contributed by atoms with Crippen molar-refractivity contribution >= 4 is 22.4 Å². The van der Waals surface area contributed by atoms with Crippen LogP contribution in [0, 0.1) is 0 Å². The third kappa shape index (κ3) is 3.06. The lowest BCUT2D eigenvalue weighted by molar-refractivity contribution is -0.914. The van der Waals surface area contributed by atoms with Gasteiger partial charge >= 0.3 is 0 Å². The maximum atomic E-state index is 13.0. The van der Waals surface area contributed by atoms with Gasteiger partial charge in [0.25, 0.3) is 0 Å². The Bertz CT molecular complexity index is 908. The summed E-state index contributed by atoms with van der Waals surface area (Å²) in [6.45, 7) is 5.71. The minimum absolute atomic E-state index is 0.0591. The second kappa shape index (κ2) is 6.84. The molecule has 5 heteroatoms. The Hall–Kier alpha value is -2.79. The number of ketones is 1. The molecule has 26 heavy (non-hydrogen) atoms. The number of nitrogens with zero attached hydrogens (tertiary/aromatic N) is 1. The zero-order valence-corrected chi connectivity index (χ0v) is 14.9. The molecule has 0 spiro atoms. The fourth-order valence-corrected chi connectivity index (χ4v) is 3.84. The third-order valence-electron chi connectivity index (χ3n) is 5.48. The number of piperazine rings is 1. The molecule has 1 aliphatic rings. The number of fused-ring (bicyclic) bond motifs is 1. The van der Waals surface area contributed by atoms with Crippen LogP contribution in [0.3, 0.4) is 0 Å². The fraction of sp³-hybridized carbons (Fsp3) is 0.286. The molecule has 1 fully saturated rings. The van der Waals surface area contributed by atoms with Gasteiger partial charge in [0.1, 0.15) is 11.8 Å². The lowest BCUT2D eigenvalue weighted by Crippen LogP contribution is -3.18. The molecule has 0 aliphatic carbocycles. The van der Waals surface area contributed by atoms with Gasteiger partial charge in [-0.05, 0) is 37.3 Å². The van der Waals surface area contributed by atoms with Gasteiger partial charge in [0.15, 0.2) is 0 Å². The maximum Gasteiger partial charge on any atom is 0.221 e.